The molecule has 4 aromatic carbocycles. The van der Waals surface area contributed by atoms with Crippen molar-refractivity contribution in [2.75, 3.05) is 21.3 Å². The number of rotatable bonds is 0. The molecule has 8 bridgehead atoms. The van der Waals surface area contributed by atoms with E-state index in [1.807, 2.05) is 21.3 Å². The summed E-state index contributed by atoms with van der Waals surface area (Å²) in [5.41, 5.74) is 0. The van der Waals surface area contributed by atoms with Gasteiger partial charge in [-0.15, -0.1) is 0 Å². The monoisotopic (exact) mass is 869 g/mol. The molecule has 5 heterocycles. The van der Waals surface area contributed by atoms with Crippen molar-refractivity contribution in [1.29, 1.82) is 0 Å². The fourth-order valence-electron chi connectivity index (χ4n) is 6.51. The fraction of sp³-hybridized carbons (Fsp3) is 0. The number of benzene rings is 4. The van der Waals surface area contributed by atoms with Gasteiger partial charge in [-0.1, -0.05) is 0 Å². The van der Waals surface area contributed by atoms with E-state index in [0.29, 0.717) is 0 Å². The Hall–Kier alpha value is -6.36. The average molecular weight is 870 g/mol. The number of fused-ring (bicyclic) bond motifs is 20. The molecule has 57 heavy (non-hydrogen) atoms. The predicted molar refractivity (Wildman–Crippen MR) is 164 cm³/mol. The van der Waals surface area contributed by atoms with Crippen LogP contribution in [0.5, 0.6) is 0 Å². The maximum absolute atomic E-state index is 15.5. The standard InChI is InChI=1S/C32H6F16N8.Cu/c33-9-1-2(10(34)18(42)17(9)41)26-49-25(1)53-27-3-4(12(36)20(44)19(43)11(3)35)29(50-27)55-31-7-8(16(40)24(48)23(47)15(7)39)32(52-31)56-30-6-5(28(51-30)54-26)13(37)21(45)22(46)14(6)38;/h49,52-56H;/q-2;+2. The van der Waals surface area contributed by atoms with Crippen molar-refractivity contribution in [2.24, 2.45) is 0 Å². The first-order valence-corrected chi connectivity index (χ1v) is 14.9. The number of hydrogen-bond donors (Lipinski definition) is 6. The van der Waals surface area contributed by atoms with E-state index in [1.165, 1.54) is 0 Å². The molecule has 4 aromatic heterocycles. The number of nitrogens with one attached hydrogen (secondary N) is 6. The Labute approximate surface area is 311 Å². The van der Waals surface area contributed by atoms with Crippen LogP contribution in [0.3, 0.4) is 0 Å². The molecule has 0 saturated heterocycles. The third kappa shape index (κ3) is 4.77. The van der Waals surface area contributed by atoms with E-state index in [4.69, 9.17) is 0 Å². The number of H-pyrrole nitrogens is 2. The summed E-state index contributed by atoms with van der Waals surface area (Å²) < 4.78 is 241. The second kappa shape index (κ2) is 12.3. The Kier molecular flexibility index (Phi) is 8.12. The van der Waals surface area contributed by atoms with Crippen LogP contribution in [0.15, 0.2) is 0 Å². The van der Waals surface area contributed by atoms with Crippen molar-refractivity contribution >= 4 is 89.6 Å². The van der Waals surface area contributed by atoms with Gasteiger partial charge in [0.05, 0.1) is 44.8 Å². The Balaban J connectivity index is 0.00000455. The summed E-state index contributed by atoms with van der Waals surface area (Å²) in [5.74, 6) is -47.0. The molecular formula is C32H6CuF16N8. The van der Waals surface area contributed by atoms with Crippen molar-refractivity contribution in [2.45, 2.75) is 0 Å². The predicted octanol–water partition coefficient (Wildman–Crippen LogP) is 10.4. The van der Waals surface area contributed by atoms with Crippen LogP contribution in [-0.4, -0.2) is 9.97 Å². The normalized spacial score (nSPS) is 12.6. The molecule has 0 saturated carbocycles. The Morgan fingerprint density at radius 1 is 0.228 bits per heavy atom. The summed E-state index contributed by atoms with van der Waals surface area (Å²) in [6.45, 7) is 0. The number of halogens is 16. The third-order valence-electron chi connectivity index (χ3n) is 8.94. The molecule has 0 spiro atoms. The minimum Gasteiger partial charge on any atom is -0.399 e. The van der Waals surface area contributed by atoms with Gasteiger partial charge in [0.1, 0.15) is 0 Å². The minimum absolute atomic E-state index is 0. The van der Waals surface area contributed by atoms with Crippen LogP contribution in [0.1, 0.15) is 0 Å². The molecule has 0 atom stereocenters. The third-order valence-corrected chi connectivity index (χ3v) is 8.94. The smallest absolute Gasteiger partial charge is 0.399 e. The van der Waals surface area contributed by atoms with Crippen LogP contribution in [0.2, 0.25) is 0 Å². The SMILES string of the molecule is Fc1c(F)c(F)c2c3[n-]c(c2c1F)Nc1[nH]c(c2c(F)c(F)c(F)c(F)c12)Nc1[n-]c(c2c(F)c(F)c(F)c(F)c12)Nc1[nH]c(c2c(F)c(F)c(F)c(F)c12)N3.[Cu+2]. The second-order valence-electron chi connectivity index (χ2n) is 11.9. The van der Waals surface area contributed by atoms with Crippen molar-refractivity contribution < 1.29 is 87.3 Å². The fourth-order valence-corrected chi connectivity index (χ4v) is 6.51. The maximum atomic E-state index is 15.5. The molecular weight excluding hydrogens is 864 g/mol. The summed E-state index contributed by atoms with van der Waals surface area (Å²) >= 11 is 0. The summed E-state index contributed by atoms with van der Waals surface area (Å²) in [7, 11) is 0. The maximum Gasteiger partial charge on any atom is 2.00 e. The van der Waals surface area contributed by atoms with E-state index in [-0.39, 0.29) is 17.1 Å². The van der Waals surface area contributed by atoms with Crippen LogP contribution in [0, 0.1) is 93.1 Å². The molecule has 0 unspecified atom stereocenters. The summed E-state index contributed by atoms with van der Waals surface area (Å²) in [6, 6.07) is 0. The molecule has 25 heteroatoms. The number of aromatic amines is 2. The Morgan fingerprint density at radius 3 is 0.561 bits per heavy atom. The molecule has 0 fully saturated rings. The van der Waals surface area contributed by atoms with Crippen molar-refractivity contribution in [3.05, 3.63) is 93.1 Å². The van der Waals surface area contributed by atoms with Crippen LogP contribution in [0.4, 0.5) is 117 Å². The van der Waals surface area contributed by atoms with E-state index in [1.54, 1.807) is 0 Å². The van der Waals surface area contributed by atoms with Gasteiger partial charge in [0, 0.05) is 44.8 Å². The molecule has 0 aliphatic carbocycles. The molecule has 8 aromatic rings. The molecule has 8 nitrogen and oxygen atoms in total. The molecule has 0 amide bonds. The molecule has 1 radical (unpaired) electrons. The van der Waals surface area contributed by atoms with Crippen LogP contribution < -0.4 is 31.2 Å². The van der Waals surface area contributed by atoms with Gasteiger partial charge in [-0.2, -0.15) is 0 Å². The molecule has 9 rings (SSSR count). The van der Waals surface area contributed by atoms with Crippen LogP contribution >= 0.6 is 0 Å². The van der Waals surface area contributed by atoms with E-state index in [9.17, 15) is 35.1 Å². The van der Waals surface area contributed by atoms with E-state index >= 15 is 35.1 Å². The van der Waals surface area contributed by atoms with Gasteiger partial charge in [-0.3, -0.25) is 0 Å². The molecule has 297 valence electrons. The Morgan fingerprint density at radius 2 is 0.386 bits per heavy atom. The zero-order valence-electron chi connectivity index (χ0n) is 26.2. The summed E-state index contributed by atoms with van der Waals surface area (Å²) in [5, 5.41) is -2.84. The first kappa shape index (κ1) is 37.6. The minimum atomic E-state index is -2.49. The van der Waals surface area contributed by atoms with E-state index in [0.717, 1.165) is 0 Å². The van der Waals surface area contributed by atoms with Crippen LogP contribution in [0.25, 0.3) is 43.1 Å². The topological polar surface area (TPSA) is 108 Å². The van der Waals surface area contributed by atoms with E-state index in [2.05, 4.69) is 19.9 Å². The average Bonchev–Trinajstić information content (AvgIpc) is 3.92. The van der Waals surface area contributed by atoms with Gasteiger partial charge in [0.2, 0.25) is 0 Å². The van der Waals surface area contributed by atoms with Gasteiger partial charge < -0.3 is 41.2 Å². The largest absolute Gasteiger partial charge is 2.00 e. The summed E-state index contributed by atoms with van der Waals surface area (Å²) in [6.07, 6.45) is 0. The van der Waals surface area contributed by atoms with Crippen LogP contribution in [-0.2, 0) is 17.1 Å². The van der Waals surface area contributed by atoms with Crippen molar-refractivity contribution in [1.82, 2.24) is 19.9 Å². The molecule has 6 N–H and O–H groups in total. The zero-order chi connectivity index (χ0) is 40.1. The Bertz CT molecular complexity index is 2520. The quantitative estimate of drug-likeness (QED) is 0.0392. The zero-order valence-corrected chi connectivity index (χ0v) is 27.2. The van der Waals surface area contributed by atoms with Gasteiger partial charge in [-0.05, 0) is 0 Å². The van der Waals surface area contributed by atoms with Gasteiger partial charge in [-0.25, -0.2) is 70.2 Å². The van der Waals surface area contributed by atoms with Crippen molar-refractivity contribution in [3.63, 3.8) is 0 Å². The van der Waals surface area contributed by atoms with Crippen molar-refractivity contribution in [3.8, 4) is 0 Å². The number of aromatic nitrogens is 4. The van der Waals surface area contributed by atoms with Gasteiger partial charge in [0.25, 0.3) is 0 Å². The van der Waals surface area contributed by atoms with E-state index < -0.39 is 183 Å². The number of hydrogen-bond acceptors (Lipinski definition) is 4. The molecule has 1 aliphatic heterocycles. The second-order valence-corrected chi connectivity index (χ2v) is 11.9. The first-order chi connectivity index (χ1) is 26.4. The number of anilines is 8. The number of nitrogens with zero attached hydrogens (tertiary/aromatic N) is 2. The summed E-state index contributed by atoms with van der Waals surface area (Å²) in [4.78, 5) is 11.6. The van der Waals surface area contributed by atoms with Gasteiger partial charge in [0.15, 0.2) is 93.1 Å². The first-order valence-electron chi connectivity index (χ1n) is 14.9. The molecule has 1 aliphatic rings. The van der Waals surface area contributed by atoms with Gasteiger partial charge >= 0.3 is 17.1 Å².